The number of nitrogens with one attached hydrogen (secondary N) is 1. The van der Waals surface area contributed by atoms with Gasteiger partial charge in [0.15, 0.2) is 0 Å². The summed E-state index contributed by atoms with van der Waals surface area (Å²) in [5.74, 6) is 4.70. The summed E-state index contributed by atoms with van der Waals surface area (Å²) in [5.41, 5.74) is 5.01. The summed E-state index contributed by atoms with van der Waals surface area (Å²) in [4.78, 5) is 0. The molecule has 0 aliphatic heterocycles. The zero-order valence-corrected chi connectivity index (χ0v) is 12.6. The Balaban J connectivity index is 2.39. The number of hydrogen-bond acceptors (Lipinski definition) is 2. The molecule has 0 aliphatic rings. The molecule has 2 aromatic rings. The van der Waals surface area contributed by atoms with Crippen LogP contribution in [0.25, 0.3) is 0 Å². The predicted octanol–water partition coefficient (Wildman–Crippen LogP) is 3.98. The minimum Gasteiger partial charge on any atom is -0.271 e. The first-order chi connectivity index (χ1) is 9.93. The zero-order valence-electron chi connectivity index (χ0n) is 11.9. The lowest BCUT2D eigenvalue weighted by molar-refractivity contribution is 0.496. The van der Waals surface area contributed by atoms with Crippen molar-refractivity contribution in [3.63, 3.8) is 0 Å². The van der Waals surface area contributed by atoms with Gasteiger partial charge in [-0.3, -0.25) is 11.3 Å². The normalized spacial score (nSPS) is 12.5. The molecule has 0 aliphatic carbocycles. The first kappa shape index (κ1) is 15.9. The molecule has 0 saturated heterocycles. The lowest BCUT2D eigenvalue weighted by Crippen LogP contribution is -2.31. The van der Waals surface area contributed by atoms with Crippen LogP contribution in [0.2, 0.25) is 5.02 Å². The summed E-state index contributed by atoms with van der Waals surface area (Å²) in [7, 11) is 0. The van der Waals surface area contributed by atoms with Crippen LogP contribution in [0.4, 0.5) is 8.78 Å². The van der Waals surface area contributed by atoms with Crippen molar-refractivity contribution in [1.82, 2.24) is 5.43 Å². The molecule has 0 heterocycles. The monoisotopic (exact) mass is 310 g/mol. The Bertz CT molecular complexity index is 636. The van der Waals surface area contributed by atoms with Gasteiger partial charge >= 0.3 is 0 Å². The van der Waals surface area contributed by atoms with Crippen molar-refractivity contribution in [3.8, 4) is 0 Å². The predicted molar refractivity (Wildman–Crippen MR) is 81.1 cm³/mol. The quantitative estimate of drug-likeness (QED) is 0.662. The Hall–Kier alpha value is -1.49. The van der Waals surface area contributed by atoms with Crippen LogP contribution in [-0.4, -0.2) is 0 Å². The number of halogens is 3. The van der Waals surface area contributed by atoms with Crippen molar-refractivity contribution < 1.29 is 8.78 Å². The summed E-state index contributed by atoms with van der Waals surface area (Å²) in [5, 5.41) is 0.0457. The van der Waals surface area contributed by atoms with Crippen molar-refractivity contribution >= 4 is 11.6 Å². The maximum absolute atomic E-state index is 14.2. The third-order valence-corrected chi connectivity index (χ3v) is 3.78. The highest BCUT2D eigenvalue weighted by Crippen LogP contribution is 2.27. The van der Waals surface area contributed by atoms with Crippen molar-refractivity contribution in [2.75, 3.05) is 0 Å². The maximum Gasteiger partial charge on any atom is 0.145 e. The minimum absolute atomic E-state index is 0.0457. The molecule has 1 atom stereocenters. The van der Waals surface area contributed by atoms with Crippen LogP contribution >= 0.6 is 11.6 Å². The summed E-state index contributed by atoms with van der Waals surface area (Å²) in [6.07, 6.45) is 0.212. The van der Waals surface area contributed by atoms with Crippen LogP contribution in [0.3, 0.4) is 0 Å². The second-order valence-electron chi connectivity index (χ2n) is 5.11. The van der Waals surface area contributed by atoms with E-state index in [1.165, 1.54) is 12.1 Å². The molecule has 2 nitrogen and oxygen atoms in total. The molecule has 0 spiro atoms. The standard InChI is InChI=1S/C16H17ClF2N2/c1-9-6-10(2)15(13(18)7-9)14(21-20)8-11-4-3-5-12(17)16(11)19/h3-7,14,21H,8,20H2,1-2H3. The third-order valence-electron chi connectivity index (χ3n) is 3.49. The van der Waals surface area contributed by atoms with Crippen LogP contribution in [-0.2, 0) is 6.42 Å². The highest BCUT2D eigenvalue weighted by atomic mass is 35.5. The van der Waals surface area contributed by atoms with Gasteiger partial charge in [-0.25, -0.2) is 8.78 Å². The smallest absolute Gasteiger partial charge is 0.145 e. The second-order valence-corrected chi connectivity index (χ2v) is 5.52. The minimum atomic E-state index is -0.529. The topological polar surface area (TPSA) is 38.0 Å². The Labute approximate surface area is 127 Å². The molecule has 112 valence electrons. The van der Waals surface area contributed by atoms with Gasteiger partial charge in [0.2, 0.25) is 0 Å². The van der Waals surface area contributed by atoms with E-state index in [1.54, 1.807) is 12.1 Å². The molecule has 2 rings (SSSR count). The molecular formula is C16H17ClF2N2. The van der Waals surface area contributed by atoms with Gasteiger partial charge in [-0.2, -0.15) is 0 Å². The lowest BCUT2D eigenvalue weighted by atomic mass is 9.94. The van der Waals surface area contributed by atoms with E-state index in [0.717, 1.165) is 11.1 Å². The molecule has 3 N–H and O–H groups in total. The van der Waals surface area contributed by atoms with Gasteiger partial charge in [0, 0.05) is 5.56 Å². The third kappa shape index (κ3) is 3.40. The molecule has 1 unspecified atom stereocenters. The number of benzene rings is 2. The maximum atomic E-state index is 14.2. The molecule has 0 aromatic heterocycles. The van der Waals surface area contributed by atoms with Crippen LogP contribution < -0.4 is 11.3 Å². The summed E-state index contributed by atoms with van der Waals surface area (Å²) < 4.78 is 28.2. The summed E-state index contributed by atoms with van der Waals surface area (Å²) in [6, 6.07) is 7.54. The van der Waals surface area contributed by atoms with Crippen LogP contribution in [0, 0.1) is 25.5 Å². The van der Waals surface area contributed by atoms with E-state index in [-0.39, 0.29) is 17.3 Å². The van der Waals surface area contributed by atoms with Gasteiger partial charge in [-0.1, -0.05) is 29.8 Å². The fourth-order valence-corrected chi connectivity index (χ4v) is 2.73. The van der Waals surface area contributed by atoms with E-state index in [0.29, 0.717) is 11.1 Å². The van der Waals surface area contributed by atoms with Gasteiger partial charge in [-0.05, 0) is 49.1 Å². The van der Waals surface area contributed by atoms with Crippen molar-refractivity contribution in [2.24, 2.45) is 5.84 Å². The number of hydrogen-bond donors (Lipinski definition) is 2. The number of hydrazine groups is 1. The molecular weight excluding hydrogens is 294 g/mol. The number of nitrogens with two attached hydrogens (primary N) is 1. The number of rotatable bonds is 4. The average Bonchev–Trinajstić information content (AvgIpc) is 2.41. The Morgan fingerprint density at radius 1 is 1.24 bits per heavy atom. The first-order valence-corrected chi connectivity index (χ1v) is 6.97. The van der Waals surface area contributed by atoms with Crippen LogP contribution in [0.1, 0.15) is 28.3 Å². The van der Waals surface area contributed by atoms with E-state index in [2.05, 4.69) is 5.43 Å². The summed E-state index contributed by atoms with van der Waals surface area (Å²) >= 11 is 5.77. The van der Waals surface area contributed by atoms with Crippen molar-refractivity contribution in [2.45, 2.75) is 26.3 Å². The zero-order chi connectivity index (χ0) is 15.6. The second kappa shape index (κ2) is 6.52. The fraction of sp³-hybridized carbons (Fsp3) is 0.250. The molecule has 0 amide bonds. The summed E-state index contributed by atoms with van der Waals surface area (Å²) in [6.45, 7) is 3.63. The van der Waals surface area contributed by atoms with Crippen molar-refractivity contribution in [1.29, 1.82) is 0 Å². The Morgan fingerprint density at radius 3 is 2.57 bits per heavy atom. The van der Waals surface area contributed by atoms with Gasteiger partial charge in [-0.15, -0.1) is 0 Å². The van der Waals surface area contributed by atoms with E-state index in [9.17, 15) is 8.78 Å². The van der Waals surface area contributed by atoms with Gasteiger partial charge in [0.05, 0.1) is 11.1 Å². The molecule has 5 heteroatoms. The Morgan fingerprint density at radius 2 is 1.95 bits per heavy atom. The lowest BCUT2D eigenvalue weighted by Gasteiger charge is -2.20. The van der Waals surface area contributed by atoms with Crippen LogP contribution in [0.5, 0.6) is 0 Å². The Kier molecular flexibility index (Phi) is 4.93. The van der Waals surface area contributed by atoms with Gasteiger partial charge in [0.1, 0.15) is 11.6 Å². The molecule has 21 heavy (non-hydrogen) atoms. The molecule has 0 radical (unpaired) electrons. The van der Waals surface area contributed by atoms with Gasteiger partial charge < -0.3 is 0 Å². The van der Waals surface area contributed by atoms with Crippen molar-refractivity contribution in [3.05, 3.63) is 69.2 Å². The number of aryl methyl sites for hydroxylation is 2. The highest BCUT2D eigenvalue weighted by Gasteiger charge is 2.20. The largest absolute Gasteiger partial charge is 0.271 e. The van der Waals surface area contributed by atoms with E-state index in [4.69, 9.17) is 17.4 Å². The van der Waals surface area contributed by atoms with Crippen LogP contribution in [0.15, 0.2) is 30.3 Å². The molecule has 2 aromatic carbocycles. The van der Waals surface area contributed by atoms with E-state index in [1.807, 2.05) is 19.9 Å². The first-order valence-electron chi connectivity index (χ1n) is 6.59. The molecule has 0 saturated carbocycles. The highest BCUT2D eigenvalue weighted by molar-refractivity contribution is 6.30. The SMILES string of the molecule is Cc1cc(C)c(C(Cc2cccc(Cl)c2F)NN)c(F)c1. The fourth-order valence-electron chi connectivity index (χ4n) is 2.54. The average molecular weight is 311 g/mol. The molecule has 0 fully saturated rings. The van der Waals surface area contributed by atoms with Gasteiger partial charge in [0.25, 0.3) is 0 Å². The van der Waals surface area contributed by atoms with E-state index < -0.39 is 11.9 Å². The molecule has 0 bridgehead atoms. The van der Waals surface area contributed by atoms with E-state index >= 15 is 0 Å².